The number of amides is 1. The van der Waals surface area contributed by atoms with Crippen molar-refractivity contribution in [1.82, 2.24) is 5.32 Å². The van der Waals surface area contributed by atoms with Crippen LogP contribution in [0.1, 0.15) is 37.0 Å². The van der Waals surface area contributed by atoms with Gasteiger partial charge in [-0.1, -0.05) is 31.5 Å². The Labute approximate surface area is 101 Å². The Morgan fingerprint density at radius 1 is 1.29 bits per heavy atom. The fourth-order valence-corrected chi connectivity index (χ4v) is 1.64. The molecule has 0 aliphatic heterocycles. The maximum atomic E-state index is 11.9. The molecule has 0 spiro atoms. The fraction of sp³-hybridized carbons (Fsp3) is 0.385. The lowest BCUT2D eigenvalue weighted by atomic mass is 9.96. The van der Waals surface area contributed by atoms with Crippen LogP contribution in [0.5, 0.6) is 0 Å². The number of carbonyl (C=O) groups excluding carboxylic acids is 1. The van der Waals surface area contributed by atoms with Gasteiger partial charge in [-0.25, -0.2) is 4.79 Å². The molecule has 1 amide bonds. The normalized spacial score (nSPS) is 13.8. The molecule has 1 rings (SSSR count). The van der Waals surface area contributed by atoms with E-state index in [4.69, 9.17) is 5.11 Å². The summed E-state index contributed by atoms with van der Waals surface area (Å²) in [5.41, 5.74) is -0.738. The third-order valence-electron chi connectivity index (χ3n) is 2.65. The van der Waals surface area contributed by atoms with E-state index in [9.17, 15) is 9.59 Å². The van der Waals surface area contributed by atoms with E-state index in [1.807, 2.05) is 6.92 Å². The second kappa shape index (κ2) is 5.48. The standard InChI is InChI=1S/C13H17NO3/c1-3-9-13(2,12(16)17)14-11(15)10-7-5-4-6-8-10/h4-8H,3,9H2,1-2H3,(H,14,15)(H,16,17)/t13-/m0/s1. The molecule has 0 heterocycles. The van der Waals surface area contributed by atoms with Crippen molar-refractivity contribution >= 4 is 11.9 Å². The Kier molecular flexibility index (Phi) is 4.26. The molecule has 0 saturated heterocycles. The van der Waals surface area contributed by atoms with Crippen LogP contribution in [0.4, 0.5) is 0 Å². The van der Waals surface area contributed by atoms with Gasteiger partial charge in [0.15, 0.2) is 0 Å². The summed E-state index contributed by atoms with van der Waals surface area (Å²) >= 11 is 0. The number of carbonyl (C=O) groups is 2. The van der Waals surface area contributed by atoms with E-state index in [0.717, 1.165) is 0 Å². The van der Waals surface area contributed by atoms with Gasteiger partial charge in [-0.05, 0) is 25.5 Å². The van der Waals surface area contributed by atoms with Crippen LogP contribution < -0.4 is 5.32 Å². The molecular formula is C13H17NO3. The molecule has 1 atom stereocenters. The minimum Gasteiger partial charge on any atom is -0.480 e. The van der Waals surface area contributed by atoms with Crippen LogP contribution in [0.2, 0.25) is 0 Å². The molecule has 0 saturated carbocycles. The molecule has 0 aromatic heterocycles. The number of hydrogen-bond acceptors (Lipinski definition) is 2. The lowest BCUT2D eigenvalue weighted by Crippen LogP contribution is -2.52. The Hall–Kier alpha value is -1.84. The first-order valence-corrected chi connectivity index (χ1v) is 5.60. The molecule has 1 aromatic carbocycles. The predicted octanol–water partition coefficient (Wildman–Crippen LogP) is 2.06. The zero-order chi connectivity index (χ0) is 12.9. The van der Waals surface area contributed by atoms with Crippen molar-refractivity contribution in [2.75, 3.05) is 0 Å². The van der Waals surface area contributed by atoms with Crippen LogP contribution in [0.3, 0.4) is 0 Å². The number of rotatable bonds is 5. The predicted molar refractivity (Wildman–Crippen MR) is 64.9 cm³/mol. The molecule has 1 aromatic rings. The van der Waals surface area contributed by atoms with E-state index in [1.54, 1.807) is 30.3 Å². The van der Waals surface area contributed by atoms with E-state index in [1.165, 1.54) is 6.92 Å². The highest BCUT2D eigenvalue weighted by Gasteiger charge is 2.33. The number of carboxylic acid groups (broad SMARTS) is 1. The van der Waals surface area contributed by atoms with Gasteiger partial charge >= 0.3 is 5.97 Å². The molecule has 0 radical (unpaired) electrons. The van der Waals surface area contributed by atoms with Crippen molar-refractivity contribution < 1.29 is 14.7 Å². The summed E-state index contributed by atoms with van der Waals surface area (Å²) in [6.07, 6.45) is 1.10. The number of hydrogen-bond donors (Lipinski definition) is 2. The van der Waals surface area contributed by atoms with Crippen molar-refractivity contribution in [3.05, 3.63) is 35.9 Å². The lowest BCUT2D eigenvalue weighted by molar-refractivity contribution is -0.144. The molecule has 4 nitrogen and oxygen atoms in total. The Morgan fingerprint density at radius 2 is 1.88 bits per heavy atom. The summed E-state index contributed by atoms with van der Waals surface area (Å²) in [6, 6.07) is 8.60. The molecule has 92 valence electrons. The first-order chi connectivity index (χ1) is 7.99. The summed E-state index contributed by atoms with van der Waals surface area (Å²) in [5, 5.41) is 11.7. The van der Waals surface area contributed by atoms with Gasteiger partial charge in [0.25, 0.3) is 5.91 Å². The average molecular weight is 235 g/mol. The second-order valence-electron chi connectivity index (χ2n) is 4.21. The SMILES string of the molecule is CCC[C@](C)(NC(=O)c1ccccc1)C(=O)O. The zero-order valence-electron chi connectivity index (χ0n) is 10.1. The first kappa shape index (κ1) is 13.2. The van der Waals surface area contributed by atoms with E-state index < -0.39 is 11.5 Å². The quantitative estimate of drug-likeness (QED) is 0.821. The van der Waals surface area contributed by atoms with E-state index in [0.29, 0.717) is 18.4 Å². The van der Waals surface area contributed by atoms with Crippen molar-refractivity contribution in [2.45, 2.75) is 32.2 Å². The first-order valence-electron chi connectivity index (χ1n) is 5.60. The van der Waals surface area contributed by atoms with Gasteiger partial charge in [0, 0.05) is 5.56 Å². The van der Waals surface area contributed by atoms with Crippen molar-refractivity contribution in [2.24, 2.45) is 0 Å². The Bertz CT molecular complexity index is 402. The molecule has 0 unspecified atom stereocenters. The van der Waals surface area contributed by atoms with Crippen molar-refractivity contribution in [3.8, 4) is 0 Å². The van der Waals surface area contributed by atoms with Crippen molar-refractivity contribution in [1.29, 1.82) is 0 Å². The molecule has 0 bridgehead atoms. The smallest absolute Gasteiger partial charge is 0.329 e. The summed E-state index contributed by atoms with van der Waals surface area (Å²) < 4.78 is 0. The molecule has 2 N–H and O–H groups in total. The number of nitrogens with one attached hydrogen (secondary N) is 1. The summed E-state index contributed by atoms with van der Waals surface area (Å²) in [4.78, 5) is 23.0. The molecule has 17 heavy (non-hydrogen) atoms. The summed E-state index contributed by atoms with van der Waals surface area (Å²) in [5.74, 6) is -1.37. The zero-order valence-corrected chi connectivity index (χ0v) is 10.1. The van der Waals surface area contributed by atoms with Gasteiger partial charge in [-0.2, -0.15) is 0 Å². The fourth-order valence-electron chi connectivity index (χ4n) is 1.64. The second-order valence-corrected chi connectivity index (χ2v) is 4.21. The van der Waals surface area contributed by atoms with Gasteiger partial charge in [0.05, 0.1) is 0 Å². The van der Waals surface area contributed by atoms with Crippen LogP contribution in [0.25, 0.3) is 0 Å². The monoisotopic (exact) mass is 235 g/mol. The number of aliphatic carboxylic acids is 1. The van der Waals surface area contributed by atoms with Crippen LogP contribution >= 0.6 is 0 Å². The van der Waals surface area contributed by atoms with Gasteiger partial charge in [-0.15, -0.1) is 0 Å². The van der Waals surface area contributed by atoms with E-state index in [2.05, 4.69) is 5.32 Å². The lowest BCUT2D eigenvalue weighted by Gasteiger charge is -2.25. The maximum Gasteiger partial charge on any atom is 0.329 e. The Balaban J connectivity index is 2.82. The topological polar surface area (TPSA) is 66.4 Å². The summed E-state index contributed by atoms with van der Waals surface area (Å²) in [6.45, 7) is 3.41. The van der Waals surface area contributed by atoms with E-state index in [-0.39, 0.29) is 5.91 Å². The minimum absolute atomic E-state index is 0.357. The maximum absolute atomic E-state index is 11.9. The third kappa shape index (κ3) is 3.31. The highest BCUT2D eigenvalue weighted by Crippen LogP contribution is 2.13. The molecule has 0 aliphatic rings. The minimum atomic E-state index is -1.21. The highest BCUT2D eigenvalue weighted by atomic mass is 16.4. The van der Waals surface area contributed by atoms with Crippen LogP contribution in [0, 0.1) is 0 Å². The molecule has 4 heteroatoms. The van der Waals surface area contributed by atoms with Gasteiger partial charge in [0.2, 0.25) is 0 Å². The van der Waals surface area contributed by atoms with Crippen LogP contribution in [0.15, 0.2) is 30.3 Å². The van der Waals surface area contributed by atoms with Crippen LogP contribution in [-0.4, -0.2) is 22.5 Å². The Morgan fingerprint density at radius 3 is 2.35 bits per heavy atom. The van der Waals surface area contributed by atoms with Gasteiger partial charge in [0.1, 0.15) is 5.54 Å². The van der Waals surface area contributed by atoms with Crippen LogP contribution in [-0.2, 0) is 4.79 Å². The highest BCUT2D eigenvalue weighted by molar-refractivity contribution is 5.97. The molecule has 0 aliphatic carbocycles. The summed E-state index contributed by atoms with van der Waals surface area (Å²) in [7, 11) is 0. The number of carboxylic acids is 1. The van der Waals surface area contributed by atoms with Gasteiger partial charge in [-0.3, -0.25) is 4.79 Å². The molecular weight excluding hydrogens is 218 g/mol. The number of benzene rings is 1. The van der Waals surface area contributed by atoms with E-state index >= 15 is 0 Å². The largest absolute Gasteiger partial charge is 0.480 e. The van der Waals surface area contributed by atoms with Crippen molar-refractivity contribution in [3.63, 3.8) is 0 Å². The van der Waals surface area contributed by atoms with Gasteiger partial charge < -0.3 is 10.4 Å². The third-order valence-corrected chi connectivity index (χ3v) is 2.65. The molecule has 0 fully saturated rings. The average Bonchev–Trinajstić information content (AvgIpc) is 2.30.